The van der Waals surface area contributed by atoms with E-state index >= 15 is 0 Å². The number of sulfonamides is 1. The third kappa shape index (κ3) is 5.88. The topological polar surface area (TPSA) is 84.5 Å². The number of amides is 1. The van der Waals surface area contributed by atoms with Gasteiger partial charge in [0.25, 0.3) is 0 Å². The van der Waals surface area contributed by atoms with Crippen LogP contribution in [0.1, 0.15) is 18.1 Å². The first-order valence-corrected chi connectivity index (χ1v) is 9.35. The van der Waals surface area contributed by atoms with Crippen LogP contribution in [0.2, 0.25) is 0 Å². The summed E-state index contributed by atoms with van der Waals surface area (Å²) in [5, 5.41) is 2.60. The molecule has 0 aliphatic rings. The van der Waals surface area contributed by atoms with Crippen molar-refractivity contribution in [1.29, 1.82) is 0 Å². The van der Waals surface area contributed by atoms with Gasteiger partial charge in [0, 0.05) is 12.2 Å². The first-order chi connectivity index (χ1) is 11.8. The quantitative estimate of drug-likeness (QED) is 0.826. The second kappa shape index (κ2) is 8.13. The molecule has 6 nitrogen and oxygen atoms in total. The molecule has 0 saturated heterocycles. The van der Waals surface area contributed by atoms with Gasteiger partial charge in [-0.2, -0.15) is 0 Å². The molecule has 25 heavy (non-hydrogen) atoms. The molecule has 0 spiro atoms. The molecule has 7 heteroatoms. The standard InChI is InChI=1S/C18H22N2O4S/c1-13-4-8-16(9-5-13)20-18(21)24-15(3)12-19-25(22,23)17-10-6-14(2)7-11-17/h4-11,15,19H,12H2,1-3H3,(H,20,21)/t15-/m0/s1. The van der Waals surface area contributed by atoms with Gasteiger partial charge >= 0.3 is 6.09 Å². The minimum absolute atomic E-state index is 0.0163. The highest BCUT2D eigenvalue weighted by Gasteiger charge is 2.17. The summed E-state index contributed by atoms with van der Waals surface area (Å²) in [6.07, 6.45) is -1.25. The van der Waals surface area contributed by atoms with Gasteiger partial charge in [-0.15, -0.1) is 0 Å². The van der Waals surface area contributed by atoms with Crippen molar-refractivity contribution >= 4 is 21.8 Å². The summed E-state index contributed by atoms with van der Waals surface area (Å²) in [6, 6.07) is 13.8. The van der Waals surface area contributed by atoms with Crippen molar-refractivity contribution in [1.82, 2.24) is 4.72 Å². The van der Waals surface area contributed by atoms with Crippen LogP contribution in [0.3, 0.4) is 0 Å². The monoisotopic (exact) mass is 362 g/mol. The van der Waals surface area contributed by atoms with E-state index in [1.807, 2.05) is 26.0 Å². The molecule has 0 heterocycles. The number of hydrogen-bond donors (Lipinski definition) is 2. The van der Waals surface area contributed by atoms with Gasteiger partial charge in [-0.25, -0.2) is 17.9 Å². The van der Waals surface area contributed by atoms with Crippen molar-refractivity contribution in [2.24, 2.45) is 0 Å². The van der Waals surface area contributed by atoms with Gasteiger partial charge in [-0.1, -0.05) is 35.4 Å². The van der Waals surface area contributed by atoms with Crippen molar-refractivity contribution in [3.05, 3.63) is 59.7 Å². The molecule has 2 N–H and O–H groups in total. The van der Waals surface area contributed by atoms with E-state index in [0.29, 0.717) is 5.69 Å². The lowest BCUT2D eigenvalue weighted by molar-refractivity contribution is 0.122. The molecule has 0 aromatic heterocycles. The number of carbonyl (C=O) groups excluding carboxylic acids is 1. The number of benzene rings is 2. The minimum Gasteiger partial charge on any atom is -0.445 e. The molecule has 134 valence electrons. The smallest absolute Gasteiger partial charge is 0.411 e. The van der Waals surface area contributed by atoms with Gasteiger partial charge in [-0.05, 0) is 45.0 Å². The average Bonchev–Trinajstić information content (AvgIpc) is 2.55. The lowest BCUT2D eigenvalue weighted by atomic mass is 10.2. The van der Waals surface area contributed by atoms with E-state index in [0.717, 1.165) is 11.1 Å². The average molecular weight is 362 g/mol. The zero-order valence-corrected chi connectivity index (χ0v) is 15.3. The summed E-state index contributed by atoms with van der Waals surface area (Å²) < 4.78 is 32.0. The molecule has 0 aliphatic heterocycles. The highest BCUT2D eigenvalue weighted by Crippen LogP contribution is 2.11. The fourth-order valence-electron chi connectivity index (χ4n) is 2.04. The number of nitrogens with one attached hydrogen (secondary N) is 2. The molecular weight excluding hydrogens is 340 g/mol. The van der Waals surface area contributed by atoms with E-state index in [1.54, 1.807) is 31.2 Å². The molecule has 2 rings (SSSR count). The molecule has 0 unspecified atom stereocenters. The minimum atomic E-state index is -3.63. The van der Waals surface area contributed by atoms with E-state index in [9.17, 15) is 13.2 Å². The number of rotatable bonds is 6. The van der Waals surface area contributed by atoms with Crippen LogP contribution >= 0.6 is 0 Å². The largest absolute Gasteiger partial charge is 0.445 e. The van der Waals surface area contributed by atoms with E-state index in [4.69, 9.17) is 4.74 Å². The Morgan fingerprint density at radius 1 is 1.00 bits per heavy atom. The highest BCUT2D eigenvalue weighted by molar-refractivity contribution is 7.89. The maximum atomic E-state index is 12.2. The van der Waals surface area contributed by atoms with Gasteiger partial charge in [0.05, 0.1) is 4.90 Å². The number of anilines is 1. The molecule has 1 atom stereocenters. The van der Waals surface area contributed by atoms with Crippen LogP contribution in [0, 0.1) is 13.8 Å². The second-order valence-corrected chi connectivity index (χ2v) is 7.64. The summed E-state index contributed by atoms with van der Waals surface area (Å²) in [7, 11) is -3.63. The Kier molecular flexibility index (Phi) is 6.17. The Labute approximate surface area is 148 Å². The van der Waals surface area contributed by atoms with Gasteiger partial charge < -0.3 is 4.74 Å². The molecule has 1 amide bonds. The maximum Gasteiger partial charge on any atom is 0.411 e. The Morgan fingerprint density at radius 2 is 1.52 bits per heavy atom. The molecule has 0 aliphatic carbocycles. The van der Waals surface area contributed by atoms with Gasteiger partial charge in [0.15, 0.2) is 0 Å². The van der Waals surface area contributed by atoms with Gasteiger partial charge in [-0.3, -0.25) is 5.32 Å². The summed E-state index contributed by atoms with van der Waals surface area (Å²) in [5.74, 6) is 0. The van der Waals surface area contributed by atoms with Crippen LogP contribution < -0.4 is 10.0 Å². The summed E-state index contributed by atoms with van der Waals surface area (Å²) in [5.41, 5.74) is 2.67. The van der Waals surface area contributed by atoms with Crippen LogP contribution in [0.15, 0.2) is 53.4 Å². The van der Waals surface area contributed by atoms with E-state index < -0.39 is 22.2 Å². The van der Waals surface area contributed by atoms with Crippen LogP contribution in [-0.2, 0) is 14.8 Å². The van der Waals surface area contributed by atoms with Crippen LogP contribution in [0.25, 0.3) is 0 Å². The summed E-state index contributed by atoms with van der Waals surface area (Å²) >= 11 is 0. The zero-order valence-electron chi connectivity index (χ0n) is 14.4. The van der Waals surface area contributed by atoms with Crippen molar-refractivity contribution in [3.63, 3.8) is 0 Å². The molecule has 0 bridgehead atoms. The normalized spacial score (nSPS) is 12.4. The van der Waals surface area contributed by atoms with Crippen LogP contribution in [0.4, 0.5) is 10.5 Å². The van der Waals surface area contributed by atoms with Gasteiger partial charge in [0.2, 0.25) is 10.0 Å². The molecule has 0 fully saturated rings. The van der Waals surface area contributed by atoms with Gasteiger partial charge in [0.1, 0.15) is 6.10 Å². The lowest BCUT2D eigenvalue weighted by Gasteiger charge is -2.15. The second-order valence-electron chi connectivity index (χ2n) is 5.87. The predicted octanol–water partition coefficient (Wildman–Crippen LogP) is 3.22. The molecule has 2 aromatic rings. The van der Waals surface area contributed by atoms with E-state index in [2.05, 4.69) is 10.0 Å². The third-order valence-electron chi connectivity index (χ3n) is 3.50. The maximum absolute atomic E-state index is 12.2. The number of ether oxygens (including phenoxy) is 1. The SMILES string of the molecule is Cc1ccc(NC(=O)O[C@@H](C)CNS(=O)(=O)c2ccc(C)cc2)cc1. The van der Waals surface area contributed by atoms with Crippen molar-refractivity contribution in [2.75, 3.05) is 11.9 Å². The Balaban J connectivity index is 1.85. The van der Waals surface area contributed by atoms with E-state index in [1.165, 1.54) is 12.1 Å². The highest BCUT2D eigenvalue weighted by atomic mass is 32.2. The molecule has 2 aromatic carbocycles. The van der Waals surface area contributed by atoms with Crippen molar-refractivity contribution in [3.8, 4) is 0 Å². The zero-order chi connectivity index (χ0) is 18.4. The first-order valence-electron chi connectivity index (χ1n) is 7.87. The van der Waals surface area contributed by atoms with Crippen molar-refractivity contribution < 1.29 is 17.9 Å². The fourth-order valence-corrected chi connectivity index (χ4v) is 3.15. The van der Waals surface area contributed by atoms with Crippen molar-refractivity contribution in [2.45, 2.75) is 31.8 Å². The van der Waals surface area contributed by atoms with E-state index in [-0.39, 0.29) is 11.4 Å². The molecule has 0 saturated carbocycles. The van der Waals surface area contributed by atoms with Crippen LogP contribution in [-0.4, -0.2) is 27.2 Å². The molecular formula is C18H22N2O4S. The summed E-state index contributed by atoms with van der Waals surface area (Å²) in [4.78, 5) is 12.0. The lowest BCUT2D eigenvalue weighted by Crippen LogP contribution is -2.34. The first kappa shape index (κ1) is 19.0. The third-order valence-corrected chi connectivity index (χ3v) is 4.94. The Hall–Kier alpha value is -2.38. The number of hydrogen-bond acceptors (Lipinski definition) is 4. The fraction of sp³-hybridized carbons (Fsp3) is 0.278. The Morgan fingerprint density at radius 3 is 2.08 bits per heavy atom. The number of aryl methyl sites for hydroxylation is 2. The number of carbonyl (C=O) groups is 1. The predicted molar refractivity (Wildman–Crippen MR) is 97.1 cm³/mol. The summed E-state index contributed by atoms with van der Waals surface area (Å²) in [6.45, 7) is 5.43. The Bertz CT molecular complexity index is 815. The van der Waals surface area contributed by atoms with Crippen LogP contribution in [0.5, 0.6) is 0 Å². The molecule has 0 radical (unpaired) electrons.